The van der Waals surface area contributed by atoms with Crippen LogP contribution in [-0.4, -0.2) is 142 Å². The van der Waals surface area contributed by atoms with Crippen LogP contribution in [0.1, 0.15) is 197 Å². The van der Waals surface area contributed by atoms with E-state index in [0.717, 1.165) is 63.7 Å². The normalized spacial score (nSPS) is 12.6. The van der Waals surface area contributed by atoms with Crippen molar-refractivity contribution in [3.63, 3.8) is 0 Å². The molecule has 48 heteroatoms. The van der Waals surface area contributed by atoms with E-state index in [9.17, 15) is 89.1 Å². The average molecular weight is 2150 g/mol. The number of aliphatic hydroxyl groups excluding tert-OH is 1. The molecule has 150 heavy (non-hydrogen) atoms. The number of aliphatic hydroxyl groups is 1. The Bertz CT molecular complexity index is 7730. The van der Waals surface area contributed by atoms with Crippen LogP contribution in [0.2, 0.25) is 0 Å². The molecule has 13 aromatic rings. The number of sulfonamides is 3. The Morgan fingerprint density at radius 2 is 0.907 bits per heavy atom. The molecule has 13 rings (SSSR count). The van der Waals surface area contributed by atoms with Gasteiger partial charge in [-0.1, -0.05) is 45.2 Å². The van der Waals surface area contributed by atoms with Crippen molar-refractivity contribution in [2.24, 2.45) is 33.2 Å². The number of carbonyl (C=O) groups is 5. The maximum atomic E-state index is 13.4. The molecule has 0 saturated heterocycles. The first-order valence-corrected chi connectivity index (χ1v) is 53.1. The summed E-state index contributed by atoms with van der Waals surface area (Å²) in [6, 6.07) is 40.7. The van der Waals surface area contributed by atoms with Crippen molar-refractivity contribution in [3.8, 4) is 17.6 Å². The van der Waals surface area contributed by atoms with Crippen LogP contribution in [0.15, 0.2) is 211 Å². The highest BCUT2D eigenvalue weighted by Crippen LogP contribution is 2.41. The van der Waals surface area contributed by atoms with Crippen LogP contribution < -0.4 is 73.0 Å². The predicted molar refractivity (Wildman–Crippen MR) is 560 cm³/mol. The van der Waals surface area contributed by atoms with Gasteiger partial charge in [-0.3, -0.25) is 49.6 Å². The average Bonchev–Trinajstić information content (AvgIpc) is 1.63. The third kappa shape index (κ3) is 32.1. The first-order chi connectivity index (χ1) is 70.6. The Kier molecular flexibility index (Phi) is 38.9. The quantitative estimate of drug-likeness (QED) is 0.00423. The summed E-state index contributed by atoms with van der Waals surface area (Å²) in [6.07, 6.45) is -3.50. The minimum absolute atomic E-state index is 0.0641. The number of benzene rings is 9. The number of hydrogen-bond acceptors (Lipinski definition) is 29. The number of amides is 4. The largest absolute Gasteiger partial charge is 0.490 e. The summed E-state index contributed by atoms with van der Waals surface area (Å²) in [7, 11) is -11.9. The van der Waals surface area contributed by atoms with Crippen LogP contribution in [0.3, 0.4) is 0 Å². The van der Waals surface area contributed by atoms with Gasteiger partial charge in [0.2, 0.25) is 30.1 Å². The van der Waals surface area contributed by atoms with Gasteiger partial charge >= 0.3 is 18.3 Å². The van der Waals surface area contributed by atoms with E-state index in [2.05, 4.69) is 59.5 Å². The van der Waals surface area contributed by atoms with E-state index in [-0.39, 0.29) is 65.1 Å². The second-order valence-electron chi connectivity index (χ2n) is 34.4. The standard InChI is InChI=1S/C29H25F6N5O6S.C26H35N5O5S.C24H30N4O4S.C23H24N4O5S/c1-3-15-8-17(11-22-14(2)13-45-24(15)22)23(26(41)40-47(37,43)44)38-21-6-4-16(5-7-21)25(36)39-46-27(42)18-9-19(28(30,31)32)12-20(10-18)29(33,34)35;1-5-7-12-37(33,34)30-26(32)23(29-20-10-8-17(9-11-20)25(27)28)18-13-19-14-21(16-31(3)4)36-24(19)22(15-18)35-6-2;1-4-7-20-14-18-13-17(12-15(5-2)22(18)32-20)21(24(29)28-33(30,31)6-3)27-19-10-8-16(9-11-19)23(25)26;1-3-4-15-11-16(12-17-13-19(9-10-28)32-21(15)17)20(23(29)27-33(2,30)31)26-18-7-5-14(6-8-18)22(24)25/h4-13,23,38H,3H2,1-2H3,(H2,36,39)(H,40,41)(H2,37,43,44);8-11,13-15,23,29H,5-7,12,16H2,1-4H3,(H3,27,28)(H,30,32);8-14,21,27H,4-7H2,1-3H3,(H3,25,26)(H,28,29);5-8,11-13,20,26,28H,9-10H2,1-2H3,(H3,24,25)(H,27,29)/t;23-;21-;20-/m.111/s1. The van der Waals surface area contributed by atoms with E-state index in [1.54, 1.807) is 140 Å². The molecule has 4 amide bonds. The van der Waals surface area contributed by atoms with Crippen LogP contribution in [0.5, 0.6) is 5.75 Å². The van der Waals surface area contributed by atoms with E-state index < -0.39 is 129 Å². The number of ether oxygens (including phenoxy) is 1. The van der Waals surface area contributed by atoms with Gasteiger partial charge in [-0.2, -0.15) is 34.8 Å². The molecule has 38 nitrogen and oxygen atoms in total. The predicted octanol–water partition coefficient (Wildman–Crippen LogP) is 14.6. The van der Waals surface area contributed by atoms with Gasteiger partial charge in [0.15, 0.2) is 17.2 Å². The number of nitrogens with one attached hydrogen (secondary N) is 11. The Balaban J connectivity index is 0.000000207. The number of halogens is 6. The van der Waals surface area contributed by atoms with Crippen molar-refractivity contribution in [3.05, 3.63) is 289 Å². The molecular weight excluding hydrogens is 2040 g/mol. The number of nitrogen functional groups attached to an aromatic ring is 3. The summed E-state index contributed by atoms with van der Waals surface area (Å²) in [5.74, 6) is 2.50. The van der Waals surface area contributed by atoms with Crippen LogP contribution in [0.4, 0.5) is 49.1 Å². The summed E-state index contributed by atoms with van der Waals surface area (Å²) in [5.41, 5.74) is 28.9. The summed E-state index contributed by atoms with van der Waals surface area (Å²) in [4.78, 5) is 71.3. The second-order valence-corrected chi connectivity index (χ2v) is 41.3. The molecule has 0 spiro atoms. The van der Waals surface area contributed by atoms with Crippen molar-refractivity contribution in [1.82, 2.24) is 23.8 Å². The minimum atomic E-state index is -5.18. The molecule has 798 valence electrons. The molecule has 0 aliphatic rings. The topological polar surface area (TPSA) is 627 Å². The summed E-state index contributed by atoms with van der Waals surface area (Å²) >= 11 is 0. The summed E-state index contributed by atoms with van der Waals surface area (Å²) in [5, 5.41) is 55.4. The maximum absolute atomic E-state index is 13.4. The van der Waals surface area contributed by atoms with E-state index >= 15 is 0 Å². The molecule has 0 fully saturated rings. The lowest BCUT2D eigenvalue weighted by molar-refractivity contribution is -0.143. The number of anilines is 4. The zero-order valence-electron chi connectivity index (χ0n) is 83.1. The Morgan fingerprint density at radius 3 is 1.33 bits per heavy atom. The zero-order valence-corrected chi connectivity index (χ0v) is 86.3. The van der Waals surface area contributed by atoms with Crippen LogP contribution in [0.25, 0.3) is 43.9 Å². The molecule has 0 aliphatic heterocycles. The number of rotatable bonds is 40. The highest BCUT2D eigenvalue weighted by atomic mass is 32.2. The van der Waals surface area contributed by atoms with Gasteiger partial charge in [0.1, 0.15) is 75.7 Å². The van der Waals surface area contributed by atoms with E-state index in [1.807, 2.05) is 75.7 Å². The molecule has 22 N–H and O–H groups in total. The highest BCUT2D eigenvalue weighted by Gasteiger charge is 2.39. The number of hydrogen-bond donors (Lipinski definition) is 17. The monoisotopic (exact) mass is 2150 g/mol. The van der Waals surface area contributed by atoms with Gasteiger partial charge in [-0.05, 0) is 288 Å². The number of fused-ring (bicyclic) bond motifs is 4. The lowest BCUT2D eigenvalue weighted by atomic mass is 9.98. The molecule has 0 radical (unpaired) electrons. The van der Waals surface area contributed by atoms with Crippen LogP contribution >= 0.6 is 0 Å². The Labute approximate surface area is 860 Å². The number of carbonyl (C=O) groups excluding carboxylic acids is 5. The minimum Gasteiger partial charge on any atom is -0.490 e. The van der Waals surface area contributed by atoms with Crippen LogP contribution in [0, 0.1) is 35.0 Å². The van der Waals surface area contributed by atoms with Gasteiger partial charge in [0.05, 0.1) is 66.0 Å². The lowest BCUT2D eigenvalue weighted by Gasteiger charge is -2.21. The van der Waals surface area contributed by atoms with Gasteiger partial charge in [-0.25, -0.2) is 39.9 Å². The molecule has 9 aromatic carbocycles. The maximum Gasteiger partial charge on any atom is 0.416 e. The SMILES string of the molecule is CC#Cc1cc([C@@H](Nc2ccc(C(=N)N)cc2)C(=O)NS(C)(=O)=O)cc2cc(CCO)oc12.CCCCS(=O)(=O)NC(=O)[C@H](Nc1ccc(C(=N)N)cc1)c1cc(OCC)c2oc(CN(C)C)cc2c1.CCCc1cc2cc([C@@H](Nc3ccc(C(=N)N)cc3)C(=O)NS(=O)(=O)CC)cc(CC)c2o1.CCc1cc(C(Nc2ccc(C(N)=NOC(=O)c3cc(C(F)(F)F)cc(C(F)(F)F)c3)cc2)C(=O)NS(N)(=O)=O)cc2c(C)coc12. The smallest absolute Gasteiger partial charge is 0.416 e. The van der Waals surface area contributed by atoms with E-state index in [1.165, 1.54) is 31.2 Å². The van der Waals surface area contributed by atoms with Gasteiger partial charge in [0.25, 0.3) is 33.8 Å². The number of unbranched alkanes of at least 4 members (excludes halogenated alkanes) is 1. The molecular formula is C102H114F6N18O20S4. The van der Waals surface area contributed by atoms with E-state index in [0.29, 0.717) is 146 Å². The Morgan fingerprint density at radius 1 is 0.493 bits per heavy atom. The first kappa shape index (κ1) is 116. The molecule has 0 saturated carbocycles. The number of alkyl halides is 6. The van der Waals surface area contributed by atoms with Crippen LogP contribution in [-0.2, 0) is 109 Å². The fraction of sp³-hybridized carbons (Fsp3) is 0.284. The number of nitrogens with two attached hydrogens (primary N) is 5. The number of nitrogens with zero attached hydrogens (tertiary/aromatic N) is 2. The van der Waals surface area contributed by atoms with Gasteiger partial charge < -0.3 is 81.5 Å². The number of aryl methyl sites for hydroxylation is 4. The fourth-order valence-corrected chi connectivity index (χ4v) is 17.8. The summed E-state index contributed by atoms with van der Waals surface area (Å²) in [6.45, 7) is 15.5. The third-order valence-electron chi connectivity index (χ3n) is 22.4. The van der Waals surface area contributed by atoms with Crippen molar-refractivity contribution < 1.29 is 116 Å². The number of furan rings is 4. The lowest BCUT2D eigenvalue weighted by Crippen LogP contribution is -2.41. The zero-order chi connectivity index (χ0) is 110. The van der Waals surface area contributed by atoms with Crippen molar-refractivity contribution in [1.29, 1.82) is 16.2 Å². The molecule has 1 unspecified atom stereocenters. The highest BCUT2D eigenvalue weighted by molar-refractivity contribution is 7.90. The fourth-order valence-electron chi connectivity index (χ4n) is 15.2. The molecule has 0 aliphatic carbocycles. The van der Waals surface area contributed by atoms with E-state index in [4.69, 9.17) is 66.7 Å². The number of oxime groups is 1. The van der Waals surface area contributed by atoms with Gasteiger partial charge in [-0.15, -0.1) is 5.92 Å². The molecule has 0 bridgehead atoms. The third-order valence-corrected chi connectivity index (χ3v) is 26.0. The van der Waals surface area contributed by atoms with Crippen molar-refractivity contribution in [2.75, 3.05) is 66.3 Å². The second kappa shape index (κ2) is 50.3. The molecule has 4 aromatic heterocycles. The summed E-state index contributed by atoms with van der Waals surface area (Å²) < 4.78 is 212. The van der Waals surface area contributed by atoms with Crippen molar-refractivity contribution in [2.45, 2.75) is 143 Å². The number of amidine groups is 4. The van der Waals surface area contributed by atoms with Gasteiger partial charge in [0, 0.05) is 79.4 Å². The molecule has 4 heterocycles. The molecule has 4 atom stereocenters. The van der Waals surface area contributed by atoms with Crippen molar-refractivity contribution >= 4 is 160 Å². The first-order valence-electron chi connectivity index (χ1n) is 46.4. The Hall–Kier alpha value is -15.8.